The van der Waals surface area contributed by atoms with Gasteiger partial charge in [0.1, 0.15) is 6.04 Å². The lowest BCUT2D eigenvalue weighted by atomic mass is 9.71. The predicted octanol–water partition coefficient (Wildman–Crippen LogP) is 3.23. The van der Waals surface area contributed by atoms with Crippen LogP contribution in [0, 0.1) is 17.2 Å². The molecule has 130 valence electrons. The quantitative estimate of drug-likeness (QED) is 0.918. The maximum Gasteiger partial charge on any atom is 0.227 e. The monoisotopic (exact) mass is 336 g/mol. The van der Waals surface area contributed by atoms with E-state index in [1.54, 1.807) is 4.90 Å². The minimum absolute atomic E-state index is 0.0543. The summed E-state index contributed by atoms with van der Waals surface area (Å²) in [5, 5.41) is 19.7. The summed E-state index contributed by atoms with van der Waals surface area (Å²) in [5.74, 6) is 0.0148. The molecule has 4 rings (SSSR count). The zero-order valence-electron chi connectivity index (χ0n) is 14.4. The largest absolute Gasteiger partial charge is 0.394 e. The number of aliphatic hydroxyl groups is 1. The van der Waals surface area contributed by atoms with E-state index < -0.39 is 6.04 Å². The van der Waals surface area contributed by atoms with E-state index in [4.69, 9.17) is 0 Å². The van der Waals surface area contributed by atoms with Gasteiger partial charge in [-0.3, -0.25) is 4.79 Å². The molecule has 1 aliphatic heterocycles. The Kier molecular flexibility index (Phi) is 4.35. The summed E-state index contributed by atoms with van der Waals surface area (Å²) in [7, 11) is 0. The Labute approximate surface area is 148 Å². The Morgan fingerprint density at radius 1 is 1.28 bits per heavy atom. The van der Waals surface area contributed by atoms with Gasteiger partial charge in [-0.15, -0.1) is 0 Å². The first-order chi connectivity index (χ1) is 12.3. The van der Waals surface area contributed by atoms with E-state index in [0.29, 0.717) is 0 Å². The lowest BCUT2D eigenvalue weighted by Gasteiger charge is -2.53. The number of benzene rings is 1. The molecule has 0 aromatic heterocycles. The molecule has 1 heterocycles. The van der Waals surface area contributed by atoms with E-state index in [2.05, 4.69) is 24.3 Å². The fourth-order valence-electron chi connectivity index (χ4n) is 4.54. The van der Waals surface area contributed by atoms with Crippen molar-refractivity contribution in [3.63, 3.8) is 0 Å². The molecular formula is C21H24N2O2. The van der Waals surface area contributed by atoms with Gasteiger partial charge in [0, 0.05) is 11.8 Å². The smallest absolute Gasteiger partial charge is 0.227 e. The van der Waals surface area contributed by atoms with E-state index in [0.717, 1.165) is 37.7 Å². The van der Waals surface area contributed by atoms with Crippen molar-refractivity contribution in [2.75, 3.05) is 6.61 Å². The van der Waals surface area contributed by atoms with Crippen LogP contribution in [-0.4, -0.2) is 34.6 Å². The maximum atomic E-state index is 12.7. The average Bonchev–Trinajstić information content (AvgIpc) is 3.08. The molecule has 1 saturated heterocycles. The summed E-state index contributed by atoms with van der Waals surface area (Å²) >= 11 is 0. The van der Waals surface area contributed by atoms with Crippen LogP contribution in [0.5, 0.6) is 0 Å². The van der Waals surface area contributed by atoms with Crippen LogP contribution in [-0.2, 0) is 4.79 Å². The predicted molar refractivity (Wildman–Crippen MR) is 95.5 cm³/mol. The van der Waals surface area contributed by atoms with Gasteiger partial charge < -0.3 is 10.0 Å². The molecule has 4 nitrogen and oxygen atoms in total. The molecule has 0 unspecified atom stereocenters. The normalized spacial score (nSPS) is 28.7. The highest BCUT2D eigenvalue weighted by Gasteiger charge is 2.53. The van der Waals surface area contributed by atoms with Crippen LogP contribution in [0.25, 0.3) is 5.57 Å². The molecule has 1 saturated carbocycles. The number of likely N-dealkylation sites (tertiary alicyclic amines) is 1. The van der Waals surface area contributed by atoms with Gasteiger partial charge in [0.15, 0.2) is 0 Å². The van der Waals surface area contributed by atoms with E-state index in [1.807, 2.05) is 12.1 Å². The summed E-state index contributed by atoms with van der Waals surface area (Å²) in [6, 6.07) is 9.81. The van der Waals surface area contributed by atoms with Gasteiger partial charge in [0.05, 0.1) is 18.7 Å². The number of hydrogen-bond acceptors (Lipinski definition) is 3. The number of allylic oxidation sites excluding steroid dienone is 2. The Morgan fingerprint density at radius 2 is 2.08 bits per heavy atom. The minimum atomic E-state index is -0.464. The lowest BCUT2D eigenvalue weighted by molar-refractivity contribution is -0.154. The van der Waals surface area contributed by atoms with E-state index >= 15 is 0 Å². The van der Waals surface area contributed by atoms with Crippen molar-refractivity contribution >= 4 is 11.5 Å². The summed E-state index contributed by atoms with van der Waals surface area (Å²) in [4.78, 5) is 14.4. The van der Waals surface area contributed by atoms with Gasteiger partial charge in [0.2, 0.25) is 5.91 Å². The molecule has 0 bridgehead atoms. The van der Waals surface area contributed by atoms with Crippen LogP contribution in [0.1, 0.15) is 55.6 Å². The topological polar surface area (TPSA) is 64.3 Å². The first-order valence-corrected chi connectivity index (χ1v) is 9.37. The second-order valence-electron chi connectivity index (χ2n) is 7.43. The number of nitriles is 1. The first-order valence-electron chi connectivity index (χ1n) is 9.37. The number of rotatable bonds is 4. The highest BCUT2D eigenvalue weighted by atomic mass is 16.3. The first kappa shape index (κ1) is 16.4. The van der Waals surface area contributed by atoms with Crippen LogP contribution in [0.4, 0.5) is 0 Å². The summed E-state index contributed by atoms with van der Waals surface area (Å²) < 4.78 is 0. The summed E-state index contributed by atoms with van der Waals surface area (Å²) in [6.07, 6.45) is 8.54. The second kappa shape index (κ2) is 6.65. The Hall–Kier alpha value is -2.12. The zero-order chi connectivity index (χ0) is 17.4. The van der Waals surface area contributed by atoms with Crippen LogP contribution >= 0.6 is 0 Å². The molecule has 4 heteroatoms. The van der Waals surface area contributed by atoms with Gasteiger partial charge in [-0.1, -0.05) is 36.8 Å². The van der Waals surface area contributed by atoms with Gasteiger partial charge in [0.25, 0.3) is 0 Å². The van der Waals surface area contributed by atoms with Crippen molar-refractivity contribution in [3.05, 3.63) is 41.5 Å². The van der Waals surface area contributed by atoms with Gasteiger partial charge in [-0.25, -0.2) is 0 Å². The fraction of sp³-hybridized carbons (Fsp3) is 0.524. The van der Waals surface area contributed by atoms with Crippen molar-refractivity contribution in [2.24, 2.45) is 5.92 Å². The maximum absolute atomic E-state index is 12.7. The number of carbonyl (C=O) groups excluding carboxylic acids is 1. The number of amides is 1. The molecule has 3 aliphatic rings. The molecule has 25 heavy (non-hydrogen) atoms. The molecule has 3 atom stereocenters. The third-order valence-electron chi connectivity index (χ3n) is 6.15. The zero-order valence-corrected chi connectivity index (χ0v) is 14.4. The van der Waals surface area contributed by atoms with Crippen molar-refractivity contribution in [1.29, 1.82) is 5.26 Å². The second-order valence-corrected chi connectivity index (χ2v) is 7.43. The molecule has 1 N–H and O–H groups in total. The number of carbonyl (C=O) groups is 1. The van der Waals surface area contributed by atoms with Crippen molar-refractivity contribution < 1.29 is 9.90 Å². The standard InChI is InChI=1S/C21H24N2O2/c22-12-18-20(19(13-24)23(18)21(25)15-8-5-9-15)17-11-4-3-10-16(17)14-6-1-2-7-14/h3-4,6,10-11,15,18-20,24H,1-2,5,7-9,13H2/t18-,19-,20+/m0/s1. The van der Waals surface area contributed by atoms with E-state index in [-0.39, 0.29) is 30.4 Å². The molecule has 2 aliphatic carbocycles. The molecule has 0 spiro atoms. The van der Waals surface area contributed by atoms with Crippen molar-refractivity contribution in [3.8, 4) is 6.07 Å². The lowest BCUT2D eigenvalue weighted by Crippen LogP contribution is -2.66. The van der Waals surface area contributed by atoms with E-state index in [9.17, 15) is 15.2 Å². The highest BCUT2D eigenvalue weighted by molar-refractivity contribution is 5.82. The highest BCUT2D eigenvalue weighted by Crippen LogP contribution is 2.46. The third-order valence-corrected chi connectivity index (χ3v) is 6.15. The Morgan fingerprint density at radius 3 is 2.68 bits per heavy atom. The molecule has 0 radical (unpaired) electrons. The van der Waals surface area contributed by atoms with Gasteiger partial charge in [-0.05, 0) is 48.8 Å². The van der Waals surface area contributed by atoms with Crippen LogP contribution in [0.15, 0.2) is 30.3 Å². The number of hydrogen-bond donors (Lipinski definition) is 1. The number of aliphatic hydroxyl groups excluding tert-OH is 1. The summed E-state index contributed by atoms with van der Waals surface area (Å²) in [5.41, 5.74) is 3.64. The Balaban J connectivity index is 1.66. The third kappa shape index (κ3) is 2.58. The molecule has 1 aromatic rings. The summed E-state index contributed by atoms with van der Waals surface area (Å²) in [6.45, 7) is -0.0886. The van der Waals surface area contributed by atoms with Gasteiger partial charge in [-0.2, -0.15) is 5.26 Å². The van der Waals surface area contributed by atoms with Crippen molar-refractivity contribution in [2.45, 2.75) is 56.5 Å². The average molecular weight is 336 g/mol. The van der Waals surface area contributed by atoms with Crippen LogP contribution in [0.2, 0.25) is 0 Å². The minimum Gasteiger partial charge on any atom is -0.394 e. The molecule has 1 aromatic carbocycles. The van der Waals surface area contributed by atoms with Crippen molar-refractivity contribution in [1.82, 2.24) is 4.90 Å². The van der Waals surface area contributed by atoms with Crippen LogP contribution in [0.3, 0.4) is 0 Å². The molecule has 2 fully saturated rings. The van der Waals surface area contributed by atoms with E-state index in [1.165, 1.54) is 17.6 Å². The molecular weight excluding hydrogens is 312 g/mol. The SMILES string of the molecule is N#C[C@H]1[C@@H](c2ccccc2C2=CCCC2)[C@H](CO)N1C(=O)C1CCC1. The Bertz CT molecular complexity index is 745. The number of nitrogens with zero attached hydrogens (tertiary/aromatic N) is 2. The van der Waals surface area contributed by atoms with Gasteiger partial charge >= 0.3 is 0 Å². The molecule has 1 amide bonds. The van der Waals surface area contributed by atoms with Crippen LogP contribution < -0.4 is 0 Å². The fourth-order valence-corrected chi connectivity index (χ4v) is 4.54.